The average molecular weight is 219 g/mol. The number of hydrogen-bond donors (Lipinski definition) is 2. The molecule has 0 radical (unpaired) electrons. The first-order valence-corrected chi connectivity index (χ1v) is 6.82. The van der Waals surface area contributed by atoms with Gasteiger partial charge in [0.2, 0.25) is 10.0 Å². The lowest BCUT2D eigenvalue weighted by molar-refractivity contribution is 0.120. The van der Waals surface area contributed by atoms with Crippen molar-refractivity contribution in [1.29, 1.82) is 0 Å². The van der Waals surface area contributed by atoms with Crippen molar-refractivity contribution in [3.05, 3.63) is 0 Å². The minimum atomic E-state index is -3.04. The van der Waals surface area contributed by atoms with E-state index in [1.807, 2.05) is 0 Å². The van der Waals surface area contributed by atoms with E-state index in [-0.39, 0.29) is 17.4 Å². The van der Waals surface area contributed by atoms with Gasteiger partial charge in [-0.25, -0.2) is 13.1 Å². The van der Waals surface area contributed by atoms with Gasteiger partial charge in [0.15, 0.2) is 0 Å². The van der Waals surface area contributed by atoms with Crippen LogP contribution in [0.25, 0.3) is 0 Å². The average Bonchev–Trinajstić information content (AvgIpc) is 2.91. The summed E-state index contributed by atoms with van der Waals surface area (Å²) in [4.78, 5) is 0. The maximum atomic E-state index is 11.6. The molecule has 82 valence electrons. The quantitative estimate of drug-likeness (QED) is 0.721. The topological polar surface area (TPSA) is 66.4 Å². The molecule has 0 heterocycles. The van der Waals surface area contributed by atoms with E-state index in [1.54, 1.807) is 0 Å². The van der Waals surface area contributed by atoms with E-state index in [9.17, 15) is 13.5 Å². The van der Waals surface area contributed by atoms with Crippen molar-refractivity contribution in [2.24, 2.45) is 0 Å². The van der Waals surface area contributed by atoms with Crippen molar-refractivity contribution >= 4 is 10.0 Å². The molecule has 0 amide bonds. The molecule has 0 saturated heterocycles. The van der Waals surface area contributed by atoms with E-state index in [2.05, 4.69) is 4.72 Å². The Labute approximate surface area is 84.8 Å². The molecular weight excluding hydrogens is 202 g/mol. The Balaban J connectivity index is 1.85. The van der Waals surface area contributed by atoms with Gasteiger partial charge in [0.25, 0.3) is 0 Å². The van der Waals surface area contributed by atoms with Crippen LogP contribution < -0.4 is 4.72 Å². The van der Waals surface area contributed by atoms with E-state index in [0.29, 0.717) is 0 Å². The lowest BCUT2D eigenvalue weighted by Gasteiger charge is -2.25. The summed E-state index contributed by atoms with van der Waals surface area (Å²) in [6, 6.07) is 0.0593. The molecular formula is C9H17NO3S. The van der Waals surface area contributed by atoms with Gasteiger partial charge in [-0.05, 0) is 38.5 Å². The molecule has 2 aliphatic carbocycles. The van der Waals surface area contributed by atoms with Crippen molar-refractivity contribution in [2.75, 3.05) is 0 Å². The Bertz CT molecular complexity index is 289. The second kappa shape index (κ2) is 3.79. The van der Waals surface area contributed by atoms with Crippen LogP contribution in [0, 0.1) is 0 Å². The number of hydrogen-bond acceptors (Lipinski definition) is 3. The molecule has 2 rings (SSSR count). The number of rotatable bonds is 3. The van der Waals surface area contributed by atoms with Gasteiger partial charge < -0.3 is 5.11 Å². The highest BCUT2D eigenvalue weighted by atomic mass is 32.2. The second-order valence-corrected chi connectivity index (χ2v) is 6.36. The summed E-state index contributed by atoms with van der Waals surface area (Å²) < 4.78 is 25.9. The lowest BCUT2D eigenvalue weighted by atomic mass is 9.94. The molecule has 0 aliphatic heterocycles. The monoisotopic (exact) mass is 219 g/mol. The van der Waals surface area contributed by atoms with E-state index in [4.69, 9.17) is 0 Å². The highest BCUT2D eigenvalue weighted by Gasteiger charge is 2.37. The van der Waals surface area contributed by atoms with Crippen LogP contribution in [0.2, 0.25) is 0 Å². The summed E-state index contributed by atoms with van der Waals surface area (Å²) in [5, 5.41) is 9.14. The normalized spacial score (nSPS) is 34.4. The van der Waals surface area contributed by atoms with Gasteiger partial charge >= 0.3 is 0 Å². The largest absolute Gasteiger partial charge is 0.393 e. The number of aliphatic hydroxyl groups excluding tert-OH is 1. The Morgan fingerprint density at radius 3 is 2.07 bits per heavy atom. The highest BCUT2D eigenvalue weighted by molar-refractivity contribution is 7.90. The summed E-state index contributed by atoms with van der Waals surface area (Å²) in [6.07, 6.45) is 4.38. The second-order valence-electron chi connectivity index (χ2n) is 4.37. The van der Waals surface area contributed by atoms with E-state index in [1.165, 1.54) is 0 Å². The fourth-order valence-corrected chi connectivity index (χ4v) is 3.55. The third kappa shape index (κ3) is 2.46. The SMILES string of the molecule is O=S(=O)(NC1CCC(O)CC1)C1CC1. The Morgan fingerprint density at radius 1 is 1.00 bits per heavy atom. The molecule has 0 spiro atoms. The summed E-state index contributed by atoms with van der Waals surface area (Å²) >= 11 is 0. The third-order valence-electron chi connectivity index (χ3n) is 2.99. The van der Waals surface area contributed by atoms with Gasteiger partial charge in [-0.1, -0.05) is 0 Å². The molecule has 0 aromatic carbocycles. The molecule has 2 aliphatic rings. The molecule has 0 unspecified atom stereocenters. The first kappa shape index (κ1) is 10.4. The predicted molar refractivity (Wildman–Crippen MR) is 53.3 cm³/mol. The highest BCUT2D eigenvalue weighted by Crippen LogP contribution is 2.29. The zero-order valence-corrected chi connectivity index (χ0v) is 8.96. The first-order chi connectivity index (χ1) is 6.58. The van der Waals surface area contributed by atoms with Crippen LogP contribution in [-0.2, 0) is 10.0 Å². The zero-order valence-electron chi connectivity index (χ0n) is 8.15. The van der Waals surface area contributed by atoms with Crippen molar-refractivity contribution in [1.82, 2.24) is 4.72 Å². The van der Waals surface area contributed by atoms with Crippen molar-refractivity contribution in [3.8, 4) is 0 Å². The number of sulfonamides is 1. The molecule has 14 heavy (non-hydrogen) atoms. The molecule has 2 N–H and O–H groups in total. The standard InChI is InChI=1S/C9H17NO3S/c11-8-3-1-7(2-4-8)10-14(12,13)9-5-6-9/h7-11H,1-6H2. The van der Waals surface area contributed by atoms with Crippen LogP contribution in [-0.4, -0.2) is 30.9 Å². The van der Waals surface area contributed by atoms with Crippen molar-refractivity contribution < 1.29 is 13.5 Å². The van der Waals surface area contributed by atoms with Gasteiger partial charge in [0.1, 0.15) is 0 Å². The predicted octanol–water partition coefficient (Wildman–Crippen LogP) is 0.372. The number of aliphatic hydroxyl groups is 1. The van der Waals surface area contributed by atoms with Gasteiger partial charge in [-0.15, -0.1) is 0 Å². The van der Waals surface area contributed by atoms with Crippen LogP contribution >= 0.6 is 0 Å². The molecule has 2 saturated carbocycles. The fraction of sp³-hybridized carbons (Fsp3) is 1.00. The summed E-state index contributed by atoms with van der Waals surface area (Å²) in [7, 11) is -3.04. The maximum Gasteiger partial charge on any atom is 0.214 e. The Kier molecular flexibility index (Phi) is 2.81. The molecule has 0 atom stereocenters. The first-order valence-electron chi connectivity index (χ1n) is 5.27. The van der Waals surface area contributed by atoms with Gasteiger partial charge in [-0.2, -0.15) is 0 Å². The zero-order chi connectivity index (χ0) is 10.2. The molecule has 0 bridgehead atoms. The fourth-order valence-electron chi connectivity index (χ4n) is 1.90. The van der Waals surface area contributed by atoms with Crippen LogP contribution in [0.3, 0.4) is 0 Å². The molecule has 5 heteroatoms. The molecule has 2 fully saturated rings. The summed E-state index contributed by atoms with van der Waals surface area (Å²) in [5.41, 5.74) is 0. The molecule has 4 nitrogen and oxygen atoms in total. The van der Waals surface area contributed by atoms with Crippen LogP contribution in [0.4, 0.5) is 0 Å². The molecule has 0 aromatic heterocycles. The minimum absolute atomic E-state index is 0.0593. The van der Waals surface area contributed by atoms with Crippen LogP contribution in [0.5, 0.6) is 0 Å². The summed E-state index contributed by atoms with van der Waals surface area (Å²) in [6.45, 7) is 0. The molecule has 0 aromatic rings. The van der Waals surface area contributed by atoms with E-state index in [0.717, 1.165) is 38.5 Å². The third-order valence-corrected chi connectivity index (χ3v) is 5.00. The van der Waals surface area contributed by atoms with Crippen molar-refractivity contribution in [2.45, 2.75) is 55.9 Å². The summed E-state index contributed by atoms with van der Waals surface area (Å²) in [5.74, 6) is 0. The van der Waals surface area contributed by atoms with E-state index >= 15 is 0 Å². The lowest BCUT2D eigenvalue weighted by Crippen LogP contribution is -2.40. The smallest absolute Gasteiger partial charge is 0.214 e. The number of nitrogens with one attached hydrogen (secondary N) is 1. The Morgan fingerprint density at radius 2 is 1.57 bits per heavy atom. The van der Waals surface area contributed by atoms with Crippen LogP contribution in [0.15, 0.2) is 0 Å². The van der Waals surface area contributed by atoms with E-state index < -0.39 is 10.0 Å². The van der Waals surface area contributed by atoms with Gasteiger partial charge in [0, 0.05) is 6.04 Å². The maximum absolute atomic E-state index is 11.6. The van der Waals surface area contributed by atoms with Gasteiger partial charge in [-0.3, -0.25) is 0 Å². The van der Waals surface area contributed by atoms with Gasteiger partial charge in [0.05, 0.1) is 11.4 Å². The Hall–Kier alpha value is -0.130. The minimum Gasteiger partial charge on any atom is -0.393 e. The van der Waals surface area contributed by atoms with Crippen LogP contribution in [0.1, 0.15) is 38.5 Å². The van der Waals surface area contributed by atoms with Crippen molar-refractivity contribution in [3.63, 3.8) is 0 Å².